The lowest BCUT2D eigenvalue weighted by molar-refractivity contribution is 0.00505. The first-order chi connectivity index (χ1) is 9.64. The molecular formula is C14H20N2O3S. The second-order valence-corrected chi connectivity index (χ2v) is 7.14. The number of ether oxygens (including phenoxy) is 2. The van der Waals surface area contributed by atoms with Crippen molar-refractivity contribution in [3.63, 3.8) is 0 Å². The number of aliphatic hydroxyl groups is 1. The van der Waals surface area contributed by atoms with Gasteiger partial charge in [-0.25, -0.2) is 4.98 Å². The number of methoxy groups -OCH3 is 2. The van der Waals surface area contributed by atoms with Crippen LogP contribution in [-0.2, 0) is 5.60 Å². The summed E-state index contributed by atoms with van der Waals surface area (Å²) in [5, 5.41) is 12.2. The molecular weight excluding hydrogens is 276 g/mol. The van der Waals surface area contributed by atoms with Gasteiger partial charge in [0.1, 0.15) is 0 Å². The van der Waals surface area contributed by atoms with Crippen molar-refractivity contribution in [3.8, 4) is 11.9 Å². The number of nitrogens with zero attached hydrogens (tertiary/aromatic N) is 2. The van der Waals surface area contributed by atoms with Gasteiger partial charge < -0.3 is 14.6 Å². The van der Waals surface area contributed by atoms with Crippen LogP contribution in [0.1, 0.15) is 37.7 Å². The molecule has 2 bridgehead atoms. The highest BCUT2D eigenvalue weighted by molar-refractivity contribution is 8.00. The predicted octanol–water partition coefficient (Wildman–Crippen LogP) is 2.13. The van der Waals surface area contributed by atoms with Gasteiger partial charge in [-0.2, -0.15) is 16.7 Å². The van der Waals surface area contributed by atoms with Crippen molar-refractivity contribution in [2.75, 3.05) is 14.2 Å². The highest BCUT2D eigenvalue weighted by atomic mass is 32.2. The molecule has 3 rings (SSSR count). The molecule has 0 amide bonds. The lowest BCUT2D eigenvalue weighted by atomic mass is 9.81. The Bertz CT molecular complexity index is 485. The van der Waals surface area contributed by atoms with E-state index in [-0.39, 0.29) is 6.01 Å². The van der Waals surface area contributed by atoms with Crippen molar-refractivity contribution < 1.29 is 14.6 Å². The molecule has 5 nitrogen and oxygen atoms in total. The Morgan fingerprint density at radius 2 is 1.95 bits per heavy atom. The molecule has 20 heavy (non-hydrogen) atoms. The Balaban J connectivity index is 1.94. The second kappa shape index (κ2) is 5.41. The van der Waals surface area contributed by atoms with E-state index in [9.17, 15) is 5.11 Å². The smallest absolute Gasteiger partial charge is 0.319 e. The van der Waals surface area contributed by atoms with Crippen molar-refractivity contribution in [1.29, 1.82) is 0 Å². The van der Waals surface area contributed by atoms with Gasteiger partial charge in [0.05, 0.1) is 25.4 Å². The molecule has 1 aromatic rings. The summed E-state index contributed by atoms with van der Waals surface area (Å²) < 4.78 is 10.3. The summed E-state index contributed by atoms with van der Waals surface area (Å²) in [6.07, 6.45) is 6.79. The molecule has 2 atom stereocenters. The lowest BCUT2D eigenvalue weighted by Crippen LogP contribution is -2.41. The lowest BCUT2D eigenvalue weighted by Gasteiger charge is -2.44. The van der Waals surface area contributed by atoms with Crippen LogP contribution in [0.2, 0.25) is 0 Å². The third-order valence-electron chi connectivity index (χ3n) is 4.18. The molecule has 0 aromatic carbocycles. The first kappa shape index (κ1) is 13.9. The molecule has 0 radical (unpaired) electrons. The van der Waals surface area contributed by atoms with Gasteiger partial charge in [0.2, 0.25) is 5.88 Å². The number of fused-ring (bicyclic) bond motifs is 2. The van der Waals surface area contributed by atoms with E-state index in [4.69, 9.17) is 9.47 Å². The first-order valence-electron chi connectivity index (χ1n) is 6.98. The highest BCUT2D eigenvalue weighted by Crippen LogP contribution is 2.50. The van der Waals surface area contributed by atoms with E-state index in [1.807, 2.05) is 11.8 Å². The summed E-state index contributed by atoms with van der Waals surface area (Å²) in [5.74, 6) is 0.421. The predicted molar refractivity (Wildman–Crippen MR) is 77.3 cm³/mol. The van der Waals surface area contributed by atoms with Crippen LogP contribution >= 0.6 is 11.8 Å². The van der Waals surface area contributed by atoms with Crippen LogP contribution in [0.3, 0.4) is 0 Å². The monoisotopic (exact) mass is 296 g/mol. The van der Waals surface area contributed by atoms with E-state index < -0.39 is 5.60 Å². The Hall–Kier alpha value is -1.01. The average Bonchev–Trinajstić information content (AvgIpc) is 2.46. The topological polar surface area (TPSA) is 64.5 Å². The minimum Gasteiger partial charge on any atom is -0.481 e. The molecule has 1 aromatic heterocycles. The van der Waals surface area contributed by atoms with Gasteiger partial charge in [0.25, 0.3) is 0 Å². The summed E-state index contributed by atoms with van der Waals surface area (Å²) >= 11 is 2.02. The fourth-order valence-electron chi connectivity index (χ4n) is 3.26. The van der Waals surface area contributed by atoms with Crippen molar-refractivity contribution >= 4 is 11.8 Å². The standard InChI is InChI=1S/C14H20N2O3S/c1-18-12-11(8-15-13(16-12)19-2)14(17)6-9-4-3-5-10(7-14)20-9/h8-10,17H,3-7H2,1-2H3. The summed E-state index contributed by atoms with van der Waals surface area (Å²) in [7, 11) is 3.08. The van der Waals surface area contributed by atoms with Crippen molar-refractivity contribution in [2.24, 2.45) is 0 Å². The average molecular weight is 296 g/mol. The Kier molecular flexibility index (Phi) is 3.77. The summed E-state index contributed by atoms with van der Waals surface area (Å²) in [4.78, 5) is 8.34. The zero-order valence-electron chi connectivity index (χ0n) is 11.8. The third-order valence-corrected chi connectivity index (χ3v) is 5.75. The van der Waals surface area contributed by atoms with Gasteiger partial charge in [-0.15, -0.1) is 0 Å². The molecule has 2 aliphatic rings. The third kappa shape index (κ3) is 2.46. The van der Waals surface area contributed by atoms with E-state index >= 15 is 0 Å². The van der Waals surface area contributed by atoms with Gasteiger partial charge >= 0.3 is 6.01 Å². The van der Waals surface area contributed by atoms with Crippen molar-refractivity contribution in [3.05, 3.63) is 11.8 Å². The van der Waals surface area contributed by atoms with Crippen molar-refractivity contribution in [1.82, 2.24) is 9.97 Å². The molecule has 2 aliphatic heterocycles. The minimum absolute atomic E-state index is 0.263. The number of rotatable bonds is 3. The normalized spacial score (nSPS) is 32.8. The fourth-order valence-corrected chi connectivity index (χ4v) is 5.16. The quantitative estimate of drug-likeness (QED) is 0.922. The molecule has 2 fully saturated rings. The van der Waals surface area contributed by atoms with Crippen molar-refractivity contribution in [2.45, 2.75) is 48.2 Å². The summed E-state index contributed by atoms with van der Waals surface area (Å²) in [6.45, 7) is 0. The maximum absolute atomic E-state index is 11.1. The van der Waals surface area contributed by atoms with Crippen LogP contribution in [0, 0.1) is 0 Å². The molecule has 1 N–H and O–H groups in total. The van der Waals surface area contributed by atoms with E-state index in [1.165, 1.54) is 26.4 Å². The Labute approximate surface area is 123 Å². The van der Waals surface area contributed by atoms with Crippen LogP contribution in [-0.4, -0.2) is 39.8 Å². The highest BCUT2D eigenvalue weighted by Gasteiger charge is 2.44. The maximum atomic E-state index is 11.1. The van der Waals surface area contributed by atoms with Crippen LogP contribution in [0.25, 0.3) is 0 Å². The van der Waals surface area contributed by atoms with E-state index in [1.54, 1.807) is 13.3 Å². The molecule has 110 valence electrons. The molecule has 0 saturated carbocycles. The first-order valence-corrected chi connectivity index (χ1v) is 7.92. The summed E-state index contributed by atoms with van der Waals surface area (Å²) in [5.41, 5.74) is -0.184. The second-order valence-electron chi connectivity index (χ2n) is 5.53. The molecule has 2 unspecified atom stereocenters. The van der Waals surface area contributed by atoms with Crippen LogP contribution in [0.4, 0.5) is 0 Å². The van der Waals surface area contributed by atoms with Crippen LogP contribution in [0.15, 0.2) is 6.20 Å². The van der Waals surface area contributed by atoms with E-state index in [0.29, 0.717) is 21.9 Å². The fraction of sp³-hybridized carbons (Fsp3) is 0.714. The van der Waals surface area contributed by atoms with E-state index in [0.717, 1.165) is 12.8 Å². The molecule has 3 heterocycles. The number of hydrogen-bond acceptors (Lipinski definition) is 6. The zero-order valence-corrected chi connectivity index (χ0v) is 12.7. The van der Waals surface area contributed by atoms with Crippen LogP contribution in [0.5, 0.6) is 11.9 Å². The minimum atomic E-state index is -0.876. The number of aromatic nitrogens is 2. The van der Waals surface area contributed by atoms with Gasteiger partial charge in [0.15, 0.2) is 0 Å². The zero-order chi connectivity index (χ0) is 14.2. The molecule has 2 saturated heterocycles. The maximum Gasteiger partial charge on any atom is 0.319 e. The largest absolute Gasteiger partial charge is 0.481 e. The number of hydrogen-bond donors (Lipinski definition) is 1. The molecule has 0 spiro atoms. The SMILES string of the molecule is COc1ncc(C2(O)CC3CCCC(C2)S3)c(OC)n1. The summed E-state index contributed by atoms with van der Waals surface area (Å²) in [6, 6.07) is 0.263. The Morgan fingerprint density at radius 3 is 2.55 bits per heavy atom. The van der Waals surface area contributed by atoms with Gasteiger partial charge in [-0.1, -0.05) is 6.42 Å². The molecule has 6 heteroatoms. The Morgan fingerprint density at radius 1 is 1.25 bits per heavy atom. The van der Waals surface area contributed by atoms with Gasteiger partial charge in [0, 0.05) is 16.7 Å². The van der Waals surface area contributed by atoms with E-state index in [2.05, 4.69) is 9.97 Å². The molecule has 0 aliphatic carbocycles. The number of thioether (sulfide) groups is 1. The van der Waals surface area contributed by atoms with Gasteiger partial charge in [-0.05, 0) is 25.7 Å². The van der Waals surface area contributed by atoms with Crippen LogP contribution < -0.4 is 9.47 Å². The van der Waals surface area contributed by atoms with Gasteiger partial charge in [-0.3, -0.25) is 0 Å².